The van der Waals surface area contributed by atoms with E-state index < -0.39 is 0 Å². The summed E-state index contributed by atoms with van der Waals surface area (Å²) in [6.45, 7) is 5.04. The highest BCUT2D eigenvalue weighted by Crippen LogP contribution is 2.13. The summed E-state index contributed by atoms with van der Waals surface area (Å²) in [5.74, 6) is 1.51. The number of nitrogen functional groups attached to an aromatic ring is 1. The molecule has 0 unspecified atom stereocenters. The largest absolute Gasteiger partial charge is 0.475 e. The number of ether oxygens (including phenoxy) is 1. The van der Waals surface area contributed by atoms with Gasteiger partial charge in [0.25, 0.3) is 5.88 Å². The molecule has 0 fully saturated rings. The van der Waals surface area contributed by atoms with Crippen LogP contribution in [0.3, 0.4) is 0 Å². The van der Waals surface area contributed by atoms with Crippen molar-refractivity contribution in [3.05, 3.63) is 12.4 Å². The number of rotatable bonds is 5. The number of anilines is 1. The fourth-order valence-electron chi connectivity index (χ4n) is 1.11. The molecule has 0 aromatic carbocycles. The van der Waals surface area contributed by atoms with Crippen molar-refractivity contribution in [1.82, 2.24) is 9.97 Å². The molecule has 4 heteroatoms. The van der Waals surface area contributed by atoms with Gasteiger partial charge < -0.3 is 10.5 Å². The molecule has 1 aromatic heterocycles. The van der Waals surface area contributed by atoms with E-state index in [0.29, 0.717) is 24.2 Å². The van der Waals surface area contributed by atoms with E-state index in [9.17, 15) is 0 Å². The molecule has 0 bridgehead atoms. The van der Waals surface area contributed by atoms with E-state index in [2.05, 4.69) is 23.8 Å². The van der Waals surface area contributed by atoms with Crippen LogP contribution in [0.15, 0.2) is 12.4 Å². The molecular weight excluding hydrogens is 178 g/mol. The Labute approximate surface area is 84.5 Å². The van der Waals surface area contributed by atoms with E-state index in [-0.39, 0.29) is 0 Å². The number of aromatic nitrogens is 2. The molecule has 0 aliphatic carbocycles. The summed E-state index contributed by atoms with van der Waals surface area (Å²) < 4.78 is 5.39. The van der Waals surface area contributed by atoms with Gasteiger partial charge in [-0.2, -0.15) is 0 Å². The summed E-state index contributed by atoms with van der Waals surface area (Å²) in [6, 6.07) is 0. The Hall–Kier alpha value is -1.32. The topological polar surface area (TPSA) is 61.0 Å². The predicted molar refractivity (Wildman–Crippen MR) is 56.0 cm³/mol. The van der Waals surface area contributed by atoms with Crippen molar-refractivity contribution in [2.75, 3.05) is 12.3 Å². The van der Waals surface area contributed by atoms with E-state index in [4.69, 9.17) is 10.5 Å². The van der Waals surface area contributed by atoms with Crippen LogP contribution in [-0.4, -0.2) is 16.6 Å². The fourth-order valence-corrected chi connectivity index (χ4v) is 1.11. The van der Waals surface area contributed by atoms with Gasteiger partial charge in [-0.1, -0.05) is 13.8 Å². The van der Waals surface area contributed by atoms with Crippen LogP contribution in [0.2, 0.25) is 0 Å². The van der Waals surface area contributed by atoms with Gasteiger partial charge in [0.1, 0.15) is 0 Å². The first kappa shape index (κ1) is 10.8. The highest BCUT2D eigenvalue weighted by atomic mass is 16.5. The van der Waals surface area contributed by atoms with Gasteiger partial charge in [0, 0.05) is 12.4 Å². The molecule has 4 nitrogen and oxygen atoms in total. The third-order valence-electron chi connectivity index (χ3n) is 1.86. The quantitative estimate of drug-likeness (QED) is 0.729. The van der Waals surface area contributed by atoms with Crippen LogP contribution in [0.25, 0.3) is 0 Å². The van der Waals surface area contributed by atoms with Crippen molar-refractivity contribution in [2.24, 2.45) is 5.92 Å². The Morgan fingerprint density at radius 3 is 2.71 bits per heavy atom. The van der Waals surface area contributed by atoms with Crippen molar-refractivity contribution in [3.8, 4) is 5.88 Å². The number of hydrogen-bond acceptors (Lipinski definition) is 4. The van der Waals surface area contributed by atoms with Gasteiger partial charge in [-0.3, -0.25) is 0 Å². The van der Waals surface area contributed by atoms with Crippen molar-refractivity contribution >= 4 is 5.82 Å². The van der Waals surface area contributed by atoms with E-state index in [0.717, 1.165) is 12.8 Å². The Morgan fingerprint density at radius 2 is 2.07 bits per heavy atom. The SMILES string of the molecule is CC(C)CCCOc1nccnc1N. The number of nitrogens with zero attached hydrogens (tertiary/aromatic N) is 2. The number of hydrogen-bond donors (Lipinski definition) is 1. The molecule has 0 atom stereocenters. The number of nitrogens with two attached hydrogens (primary N) is 1. The zero-order chi connectivity index (χ0) is 10.4. The standard InChI is InChI=1S/C10H17N3O/c1-8(2)4-3-7-14-10-9(11)12-5-6-13-10/h5-6,8H,3-4,7H2,1-2H3,(H2,11,12). The highest BCUT2D eigenvalue weighted by molar-refractivity contribution is 5.38. The highest BCUT2D eigenvalue weighted by Gasteiger charge is 2.01. The van der Waals surface area contributed by atoms with Crippen molar-refractivity contribution in [2.45, 2.75) is 26.7 Å². The van der Waals surface area contributed by atoms with Gasteiger partial charge in [0.15, 0.2) is 5.82 Å². The molecule has 0 amide bonds. The van der Waals surface area contributed by atoms with Gasteiger partial charge in [-0.25, -0.2) is 9.97 Å². The molecular formula is C10H17N3O. The van der Waals surface area contributed by atoms with Crippen LogP contribution in [-0.2, 0) is 0 Å². The Balaban J connectivity index is 2.28. The zero-order valence-corrected chi connectivity index (χ0v) is 8.73. The van der Waals surface area contributed by atoms with Gasteiger partial charge >= 0.3 is 0 Å². The minimum atomic E-state index is 0.358. The molecule has 14 heavy (non-hydrogen) atoms. The second-order valence-electron chi connectivity index (χ2n) is 3.63. The minimum Gasteiger partial charge on any atom is -0.475 e. The van der Waals surface area contributed by atoms with Crippen LogP contribution in [0.5, 0.6) is 5.88 Å². The normalized spacial score (nSPS) is 10.5. The lowest BCUT2D eigenvalue weighted by molar-refractivity contribution is 0.288. The molecule has 0 radical (unpaired) electrons. The van der Waals surface area contributed by atoms with Crippen molar-refractivity contribution < 1.29 is 4.74 Å². The molecule has 78 valence electrons. The maximum Gasteiger partial charge on any atom is 0.257 e. The summed E-state index contributed by atoms with van der Waals surface area (Å²) in [7, 11) is 0. The van der Waals surface area contributed by atoms with Crippen LogP contribution >= 0.6 is 0 Å². The molecule has 0 aliphatic heterocycles. The maximum atomic E-state index is 5.56. The van der Waals surface area contributed by atoms with E-state index in [1.807, 2.05) is 0 Å². The first-order valence-electron chi connectivity index (χ1n) is 4.89. The van der Waals surface area contributed by atoms with E-state index in [1.54, 1.807) is 12.4 Å². The third-order valence-corrected chi connectivity index (χ3v) is 1.86. The smallest absolute Gasteiger partial charge is 0.257 e. The average Bonchev–Trinajstić information content (AvgIpc) is 2.15. The van der Waals surface area contributed by atoms with E-state index in [1.165, 1.54) is 0 Å². The van der Waals surface area contributed by atoms with Crippen LogP contribution < -0.4 is 10.5 Å². The molecule has 1 rings (SSSR count). The second-order valence-corrected chi connectivity index (χ2v) is 3.63. The molecule has 0 saturated carbocycles. The fraction of sp³-hybridized carbons (Fsp3) is 0.600. The molecule has 1 aromatic rings. The first-order valence-corrected chi connectivity index (χ1v) is 4.89. The predicted octanol–water partition coefficient (Wildman–Crippen LogP) is 1.87. The summed E-state index contributed by atoms with van der Waals surface area (Å²) in [5.41, 5.74) is 5.56. The average molecular weight is 195 g/mol. The van der Waals surface area contributed by atoms with Gasteiger partial charge in [-0.05, 0) is 18.8 Å². The lowest BCUT2D eigenvalue weighted by Crippen LogP contribution is -2.04. The second kappa shape index (κ2) is 5.42. The lowest BCUT2D eigenvalue weighted by atomic mass is 10.1. The van der Waals surface area contributed by atoms with Gasteiger partial charge in [0.2, 0.25) is 0 Å². The maximum absolute atomic E-state index is 5.56. The minimum absolute atomic E-state index is 0.358. The summed E-state index contributed by atoms with van der Waals surface area (Å²) >= 11 is 0. The summed E-state index contributed by atoms with van der Waals surface area (Å²) in [5, 5.41) is 0. The van der Waals surface area contributed by atoms with Crippen molar-refractivity contribution in [3.63, 3.8) is 0 Å². The Kier molecular flexibility index (Phi) is 4.16. The van der Waals surface area contributed by atoms with E-state index >= 15 is 0 Å². The lowest BCUT2D eigenvalue weighted by Gasteiger charge is -2.07. The van der Waals surface area contributed by atoms with Crippen LogP contribution in [0.4, 0.5) is 5.82 Å². The summed E-state index contributed by atoms with van der Waals surface area (Å²) in [4.78, 5) is 7.87. The summed E-state index contributed by atoms with van der Waals surface area (Å²) in [6.07, 6.45) is 5.30. The molecule has 0 spiro atoms. The van der Waals surface area contributed by atoms with Gasteiger partial charge in [0.05, 0.1) is 6.61 Å². The molecule has 0 saturated heterocycles. The molecule has 1 heterocycles. The van der Waals surface area contributed by atoms with Crippen molar-refractivity contribution in [1.29, 1.82) is 0 Å². The Morgan fingerprint density at radius 1 is 1.36 bits per heavy atom. The third kappa shape index (κ3) is 3.60. The van der Waals surface area contributed by atoms with Crippen LogP contribution in [0.1, 0.15) is 26.7 Å². The molecule has 2 N–H and O–H groups in total. The molecule has 0 aliphatic rings. The van der Waals surface area contributed by atoms with Gasteiger partial charge in [-0.15, -0.1) is 0 Å². The van der Waals surface area contributed by atoms with Crippen LogP contribution in [0, 0.1) is 5.92 Å². The Bertz CT molecular complexity index is 276. The zero-order valence-electron chi connectivity index (χ0n) is 8.73. The first-order chi connectivity index (χ1) is 6.70. The monoisotopic (exact) mass is 195 g/mol.